The molecule has 0 radical (unpaired) electrons. The number of carbonyl (C=O) groups is 1. The van der Waals surface area contributed by atoms with E-state index in [2.05, 4.69) is 40.3 Å². The van der Waals surface area contributed by atoms with E-state index in [0.717, 1.165) is 29.8 Å². The summed E-state index contributed by atoms with van der Waals surface area (Å²) in [6, 6.07) is 19.2. The van der Waals surface area contributed by atoms with Crippen molar-refractivity contribution in [3.05, 3.63) is 99.1 Å². The third kappa shape index (κ3) is 4.18. The Labute approximate surface area is 220 Å². The third-order valence-corrected chi connectivity index (χ3v) is 8.59. The molecule has 3 heterocycles. The fraction of sp³-hybridized carbons (Fsp3) is 0.276. The smallest absolute Gasteiger partial charge is 0.322 e. The average molecular weight is 518 g/mol. The first-order chi connectivity index (χ1) is 17.6. The van der Waals surface area contributed by atoms with Crippen LogP contribution in [0.1, 0.15) is 53.1 Å². The van der Waals surface area contributed by atoms with Crippen molar-refractivity contribution in [3.63, 3.8) is 0 Å². The molecule has 0 fully saturated rings. The minimum atomic E-state index is -0.256. The molecular formula is C29H28ClN3O2S. The lowest BCUT2D eigenvalue weighted by Gasteiger charge is -2.31. The minimum absolute atomic E-state index is 0.146. The van der Waals surface area contributed by atoms with Crippen LogP contribution in [0.5, 0.6) is 5.75 Å². The number of aryl methyl sites for hydroxylation is 1. The number of ether oxygens (including phenoxy) is 1. The van der Waals surface area contributed by atoms with Gasteiger partial charge in [-0.3, -0.25) is 0 Å². The molecule has 0 saturated carbocycles. The zero-order chi connectivity index (χ0) is 24.6. The summed E-state index contributed by atoms with van der Waals surface area (Å²) >= 11 is 8.10. The van der Waals surface area contributed by atoms with Crippen molar-refractivity contribution in [1.82, 2.24) is 9.47 Å². The Kier molecular flexibility index (Phi) is 6.23. The molecule has 1 aliphatic heterocycles. The SMILES string of the molecule is CCOc1ccc([C@@H]2c3cccn3-c3sc4c(c3CN2C(=O)Nc2cccc(Cl)c2)CCCC4)cc1. The molecule has 2 aromatic heterocycles. The number of carbonyl (C=O) groups excluding carboxylic acids is 1. The number of nitrogens with one attached hydrogen (secondary N) is 1. The number of thiophene rings is 1. The van der Waals surface area contributed by atoms with E-state index in [0.29, 0.717) is 23.9 Å². The molecule has 0 unspecified atom stereocenters. The maximum atomic E-state index is 14.0. The number of halogens is 1. The van der Waals surface area contributed by atoms with Gasteiger partial charge in [0.05, 0.1) is 24.9 Å². The Morgan fingerprint density at radius 1 is 1.08 bits per heavy atom. The summed E-state index contributed by atoms with van der Waals surface area (Å²) in [5, 5.41) is 4.95. The molecule has 7 heteroatoms. The van der Waals surface area contributed by atoms with Gasteiger partial charge in [-0.05, 0) is 86.2 Å². The number of nitrogens with zero attached hydrogens (tertiary/aromatic N) is 2. The molecule has 2 amide bonds. The van der Waals surface area contributed by atoms with E-state index in [4.69, 9.17) is 16.3 Å². The van der Waals surface area contributed by atoms with Crippen LogP contribution in [0.4, 0.5) is 10.5 Å². The summed E-state index contributed by atoms with van der Waals surface area (Å²) in [5.41, 5.74) is 5.53. The second-order valence-corrected chi connectivity index (χ2v) is 10.8. The van der Waals surface area contributed by atoms with E-state index in [1.54, 1.807) is 6.07 Å². The van der Waals surface area contributed by atoms with Gasteiger partial charge in [0.1, 0.15) is 10.8 Å². The Hall–Kier alpha value is -3.22. The highest BCUT2D eigenvalue weighted by Gasteiger charge is 2.36. The van der Waals surface area contributed by atoms with Gasteiger partial charge in [0.25, 0.3) is 0 Å². The Balaban J connectivity index is 1.47. The fourth-order valence-corrected chi connectivity index (χ4v) is 7.01. The highest BCUT2D eigenvalue weighted by atomic mass is 35.5. The standard InChI is InChI=1S/C29H28ClN3O2S/c1-2-35-22-14-12-19(13-15-22)27-25-10-6-16-32(25)28-24(23-9-3-4-11-26(23)36-28)18-33(27)29(34)31-21-8-5-7-20(30)17-21/h5-8,10,12-17,27H,2-4,9,11,18H2,1H3,(H,31,34)/t27-/m1/s1. The zero-order valence-electron chi connectivity index (χ0n) is 20.2. The van der Waals surface area contributed by atoms with Gasteiger partial charge in [0, 0.05) is 27.3 Å². The molecule has 36 heavy (non-hydrogen) atoms. The van der Waals surface area contributed by atoms with Crippen molar-refractivity contribution < 1.29 is 9.53 Å². The number of rotatable bonds is 4. The second-order valence-electron chi connectivity index (χ2n) is 9.27. The van der Waals surface area contributed by atoms with Crippen LogP contribution < -0.4 is 10.1 Å². The van der Waals surface area contributed by atoms with Crippen LogP contribution in [-0.4, -0.2) is 22.1 Å². The molecule has 184 valence electrons. The number of anilines is 1. The summed E-state index contributed by atoms with van der Waals surface area (Å²) in [6.45, 7) is 3.14. The maximum absolute atomic E-state index is 14.0. The van der Waals surface area contributed by atoms with Crippen molar-refractivity contribution in [2.45, 2.75) is 45.2 Å². The van der Waals surface area contributed by atoms with Gasteiger partial charge in [0.2, 0.25) is 0 Å². The number of fused-ring (bicyclic) bond motifs is 5. The quantitative estimate of drug-likeness (QED) is 0.303. The van der Waals surface area contributed by atoms with Crippen molar-refractivity contribution in [1.29, 1.82) is 0 Å². The highest BCUT2D eigenvalue weighted by molar-refractivity contribution is 7.15. The van der Waals surface area contributed by atoms with Gasteiger partial charge >= 0.3 is 6.03 Å². The van der Waals surface area contributed by atoms with Crippen LogP contribution in [0, 0.1) is 0 Å². The fourth-order valence-electron chi connectivity index (χ4n) is 5.41. The number of aromatic nitrogens is 1. The van der Waals surface area contributed by atoms with E-state index < -0.39 is 0 Å². The summed E-state index contributed by atoms with van der Waals surface area (Å²) in [5.74, 6) is 0.827. The Morgan fingerprint density at radius 3 is 2.72 bits per heavy atom. The first kappa shape index (κ1) is 23.2. The molecule has 2 aliphatic rings. The molecule has 1 N–H and O–H groups in total. The Morgan fingerprint density at radius 2 is 1.92 bits per heavy atom. The van der Waals surface area contributed by atoms with Crippen LogP contribution in [0.2, 0.25) is 5.02 Å². The highest BCUT2D eigenvalue weighted by Crippen LogP contribution is 2.44. The summed E-state index contributed by atoms with van der Waals surface area (Å²) in [7, 11) is 0. The largest absolute Gasteiger partial charge is 0.494 e. The van der Waals surface area contributed by atoms with Gasteiger partial charge in [-0.25, -0.2) is 4.79 Å². The van der Waals surface area contributed by atoms with Crippen LogP contribution >= 0.6 is 22.9 Å². The summed E-state index contributed by atoms with van der Waals surface area (Å²) in [6.07, 6.45) is 6.77. The molecule has 1 aliphatic carbocycles. The van der Waals surface area contributed by atoms with E-state index in [9.17, 15) is 4.79 Å². The van der Waals surface area contributed by atoms with Gasteiger partial charge in [-0.2, -0.15) is 0 Å². The van der Waals surface area contributed by atoms with Gasteiger partial charge < -0.3 is 19.5 Å². The van der Waals surface area contributed by atoms with Crippen molar-refractivity contribution in [3.8, 4) is 10.8 Å². The van der Waals surface area contributed by atoms with Gasteiger partial charge in [-0.1, -0.05) is 29.8 Å². The number of hydrogen-bond donors (Lipinski definition) is 1. The molecule has 1 atom stereocenters. The number of benzene rings is 2. The molecule has 5 nitrogen and oxygen atoms in total. The van der Waals surface area contributed by atoms with E-state index in [1.807, 2.05) is 53.5 Å². The molecular weight excluding hydrogens is 490 g/mol. The molecule has 0 bridgehead atoms. The van der Waals surface area contributed by atoms with Crippen LogP contribution in [0.15, 0.2) is 66.9 Å². The van der Waals surface area contributed by atoms with Crippen molar-refractivity contribution in [2.75, 3.05) is 11.9 Å². The summed E-state index contributed by atoms with van der Waals surface area (Å²) < 4.78 is 7.98. The van der Waals surface area contributed by atoms with E-state index in [1.165, 1.54) is 33.8 Å². The number of amides is 2. The Bertz CT molecular complexity index is 1410. The maximum Gasteiger partial charge on any atom is 0.322 e. The zero-order valence-corrected chi connectivity index (χ0v) is 21.7. The predicted octanol–water partition coefficient (Wildman–Crippen LogP) is 7.61. The second kappa shape index (κ2) is 9.68. The van der Waals surface area contributed by atoms with Crippen LogP contribution in [0.3, 0.4) is 0 Å². The molecule has 0 saturated heterocycles. The normalized spacial score (nSPS) is 16.5. The van der Waals surface area contributed by atoms with Crippen molar-refractivity contribution >= 4 is 34.7 Å². The summed E-state index contributed by atoms with van der Waals surface area (Å²) in [4.78, 5) is 17.4. The van der Waals surface area contributed by atoms with E-state index >= 15 is 0 Å². The van der Waals surface area contributed by atoms with Gasteiger partial charge in [0.15, 0.2) is 0 Å². The van der Waals surface area contributed by atoms with E-state index in [-0.39, 0.29) is 12.1 Å². The average Bonchev–Trinajstić information content (AvgIpc) is 3.47. The van der Waals surface area contributed by atoms with Crippen LogP contribution in [-0.2, 0) is 19.4 Å². The monoisotopic (exact) mass is 517 g/mol. The lowest BCUT2D eigenvalue weighted by Crippen LogP contribution is -2.38. The lowest BCUT2D eigenvalue weighted by atomic mass is 9.95. The van der Waals surface area contributed by atoms with Crippen LogP contribution in [0.25, 0.3) is 5.00 Å². The molecule has 0 spiro atoms. The minimum Gasteiger partial charge on any atom is -0.494 e. The lowest BCUT2D eigenvalue weighted by molar-refractivity contribution is 0.194. The number of urea groups is 1. The molecule has 6 rings (SSSR count). The van der Waals surface area contributed by atoms with Crippen molar-refractivity contribution in [2.24, 2.45) is 0 Å². The molecule has 2 aromatic carbocycles. The first-order valence-electron chi connectivity index (χ1n) is 12.5. The third-order valence-electron chi connectivity index (χ3n) is 7.02. The predicted molar refractivity (Wildman–Crippen MR) is 146 cm³/mol. The molecule has 4 aromatic rings. The first-order valence-corrected chi connectivity index (χ1v) is 13.7. The topological polar surface area (TPSA) is 46.5 Å². The number of hydrogen-bond acceptors (Lipinski definition) is 3. The van der Waals surface area contributed by atoms with Gasteiger partial charge in [-0.15, -0.1) is 11.3 Å².